The van der Waals surface area contributed by atoms with Crippen LogP contribution >= 0.6 is 11.3 Å². The molecule has 2 N–H and O–H groups in total. The Morgan fingerprint density at radius 3 is 2.68 bits per heavy atom. The zero-order chi connectivity index (χ0) is 14.0. The molecule has 0 radical (unpaired) electrons. The van der Waals surface area contributed by atoms with Crippen LogP contribution in [0.5, 0.6) is 0 Å². The number of rotatable bonds is 4. The van der Waals surface area contributed by atoms with E-state index in [0.29, 0.717) is 0 Å². The Morgan fingerprint density at radius 1 is 1.53 bits per heavy atom. The molecule has 0 amide bonds. The standard InChI is InChI=1S/C13H21N3O2S/c1-9-10(11(17)18)15-12(19-9)14-8-13(2)4-6-16(3)7-5-13/h4-8H2,1-3H3,(H,14,15)(H,17,18). The molecule has 0 aromatic carbocycles. The molecule has 0 saturated carbocycles. The fourth-order valence-electron chi connectivity index (χ4n) is 2.29. The normalized spacial score (nSPS) is 19.3. The molecule has 5 nitrogen and oxygen atoms in total. The van der Waals surface area contributed by atoms with Crippen molar-refractivity contribution in [2.45, 2.75) is 26.7 Å². The summed E-state index contributed by atoms with van der Waals surface area (Å²) >= 11 is 1.42. The second-order valence-electron chi connectivity index (χ2n) is 5.70. The number of nitrogens with zero attached hydrogens (tertiary/aromatic N) is 2. The first-order chi connectivity index (χ1) is 8.89. The maximum Gasteiger partial charge on any atom is 0.355 e. The van der Waals surface area contributed by atoms with Gasteiger partial charge in [-0.1, -0.05) is 6.92 Å². The van der Waals surface area contributed by atoms with Gasteiger partial charge in [-0.05, 0) is 45.3 Å². The molecule has 1 aromatic heterocycles. The van der Waals surface area contributed by atoms with E-state index in [4.69, 9.17) is 5.11 Å². The Labute approximate surface area is 117 Å². The minimum Gasteiger partial charge on any atom is -0.476 e. The zero-order valence-electron chi connectivity index (χ0n) is 11.7. The third kappa shape index (κ3) is 3.45. The first-order valence-electron chi connectivity index (χ1n) is 6.53. The number of aromatic nitrogens is 1. The fourth-order valence-corrected chi connectivity index (χ4v) is 3.10. The van der Waals surface area contributed by atoms with Crippen molar-refractivity contribution in [2.24, 2.45) is 5.41 Å². The topological polar surface area (TPSA) is 65.5 Å². The molecule has 2 heterocycles. The molecule has 0 atom stereocenters. The predicted molar refractivity (Wildman–Crippen MR) is 77.1 cm³/mol. The maximum absolute atomic E-state index is 11.0. The third-order valence-electron chi connectivity index (χ3n) is 3.86. The number of piperidine rings is 1. The summed E-state index contributed by atoms with van der Waals surface area (Å²) in [5.41, 5.74) is 0.441. The summed E-state index contributed by atoms with van der Waals surface area (Å²) in [4.78, 5) is 18.2. The molecular weight excluding hydrogens is 262 g/mol. The maximum atomic E-state index is 11.0. The number of hydrogen-bond donors (Lipinski definition) is 2. The number of aromatic carboxylic acids is 1. The lowest BCUT2D eigenvalue weighted by atomic mass is 9.80. The van der Waals surface area contributed by atoms with Gasteiger partial charge in [0.25, 0.3) is 0 Å². The Morgan fingerprint density at radius 2 is 2.16 bits per heavy atom. The van der Waals surface area contributed by atoms with E-state index in [2.05, 4.69) is 29.2 Å². The highest BCUT2D eigenvalue weighted by Gasteiger charge is 2.29. The Bertz CT molecular complexity index is 464. The first-order valence-corrected chi connectivity index (χ1v) is 7.34. The molecule has 6 heteroatoms. The van der Waals surface area contributed by atoms with Gasteiger partial charge in [0.2, 0.25) is 0 Å². The van der Waals surface area contributed by atoms with Crippen LogP contribution in [0.15, 0.2) is 0 Å². The van der Waals surface area contributed by atoms with Crippen LogP contribution in [0.4, 0.5) is 5.13 Å². The van der Waals surface area contributed by atoms with Crippen LogP contribution in [-0.2, 0) is 0 Å². The van der Waals surface area contributed by atoms with Gasteiger partial charge in [-0.3, -0.25) is 0 Å². The third-order valence-corrected chi connectivity index (χ3v) is 4.79. The second-order valence-corrected chi connectivity index (χ2v) is 6.90. The van der Waals surface area contributed by atoms with E-state index in [1.54, 1.807) is 6.92 Å². The van der Waals surface area contributed by atoms with Crippen LogP contribution in [0.25, 0.3) is 0 Å². The Hall–Kier alpha value is -1.14. The van der Waals surface area contributed by atoms with E-state index in [9.17, 15) is 4.79 Å². The summed E-state index contributed by atoms with van der Waals surface area (Å²) in [5.74, 6) is -0.952. The molecule has 1 saturated heterocycles. The lowest BCUT2D eigenvalue weighted by Gasteiger charge is -2.37. The van der Waals surface area contributed by atoms with E-state index in [1.165, 1.54) is 11.3 Å². The van der Waals surface area contributed by atoms with Gasteiger partial charge in [0.15, 0.2) is 10.8 Å². The van der Waals surface area contributed by atoms with Crippen LogP contribution in [0.1, 0.15) is 35.1 Å². The summed E-state index contributed by atoms with van der Waals surface area (Å²) in [6.45, 7) is 7.17. The van der Waals surface area contributed by atoms with E-state index in [0.717, 1.165) is 42.5 Å². The largest absolute Gasteiger partial charge is 0.476 e. The molecule has 0 bridgehead atoms. The van der Waals surface area contributed by atoms with Crippen molar-refractivity contribution in [3.05, 3.63) is 10.6 Å². The SMILES string of the molecule is Cc1sc(NCC2(C)CCN(C)CC2)nc1C(=O)O. The molecule has 0 unspecified atom stereocenters. The van der Waals surface area contributed by atoms with Crippen LogP contribution in [0, 0.1) is 12.3 Å². The number of hydrogen-bond acceptors (Lipinski definition) is 5. The second kappa shape index (κ2) is 5.46. The average molecular weight is 283 g/mol. The molecule has 0 spiro atoms. The number of likely N-dealkylation sites (tertiary alicyclic amines) is 1. The van der Waals surface area contributed by atoms with Crippen molar-refractivity contribution < 1.29 is 9.90 Å². The molecule has 1 aliphatic heterocycles. The van der Waals surface area contributed by atoms with Gasteiger partial charge in [0, 0.05) is 11.4 Å². The molecule has 1 aromatic rings. The minimum absolute atomic E-state index is 0.168. The lowest BCUT2D eigenvalue weighted by Crippen LogP contribution is -2.40. The average Bonchev–Trinajstić information content (AvgIpc) is 2.73. The number of carbonyl (C=O) groups is 1. The van der Waals surface area contributed by atoms with Gasteiger partial charge in [0.05, 0.1) is 0 Å². The number of anilines is 1. The van der Waals surface area contributed by atoms with Crippen molar-refractivity contribution in [1.29, 1.82) is 0 Å². The highest BCUT2D eigenvalue weighted by Crippen LogP contribution is 2.31. The van der Waals surface area contributed by atoms with Crippen LogP contribution < -0.4 is 5.32 Å². The summed E-state index contributed by atoms with van der Waals surface area (Å²) in [5, 5.41) is 13.0. The van der Waals surface area contributed by atoms with Crippen LogP contribution in [-0.4, -0.2) is 47.6 Å². The number of carboxylic acids is 1. The smallest absolute Gasteiger partial charge is 0.355 e. The monoisotopic (exact) mass is 283 g/mol. The Balaban J connectivity index is 1.95. The number of thiazole rings is 1. The van der Waals surface area contributed by atoms with E-state index < -0.39 is 5.97 Å². The summed E-state index contributed by atoms with van der Waals surface area (Å²) in [7, 11) is 2.15. The van der Waals surface area contributed by atoms with Gasteiger partial charge in [-0.25, -0.2) is 9.78 Å². The minimum atomic E-state index is -0.952. The van der Waals surface area contributed by atoms with Crippen molar-refractivity contribution >= 4 is 22.4 Å². The Kier molecular flexibility index (Phi) is 4.10. The summed E-state index contributed by atoms with van der Waals surface area (Å²) < 4.78 is 0. The number of carboxylic acid groups (broad SMARTS) is 1. The van der Waals surface area contributed by atoms with Gasteiger partial charge < -0.3 is 15.3 Å². The fraction of sp³-hybridized carbons (Fsp3) is 0.692. The van der Waals surface area contributed by atoms with E-state index in [-0.39, 0.29) is 11.1 Å². The van der Waals surface area contributed by atoms with E-state index in [1.807, 2.05) is 0 Å². The predicted octanol–water partition coefficient (Wildman–Crippen LogP) is 2.29. The molecular formula is C13H21N3O2S. The van der Waals surface area contributed by atoms with Crippen molar-refractivity contribution in [1.82, 2.24) is 9.88 Å². The van der Waals surface area contributed by atoms with Crippen LogP contribution in [0.3, 0.4) is 0 Å². The van der Waals surface area contributed by atoms with Crippen LogP contribution in [0.2, 0.25) is 0 Å². The highest BCUT2D eigenvalue weighted by atomic mass is 32.1. The zero-order valence-corrected chi connectivity index (χ0v) is 12.5. The van der Waals surface area contributed by atoms with Crippen molar-refractivity contribution in [3.8, 4) is 0 Å². The van der Waals surface area contributed by atoms with Gasteiger partial charge in [0.1, 0.15) is 0 Å². The summed E-state index contributed by atoms with van der Waals surface area (Å²) in [6, 6.07) is 0. The van der Waals surface area contributed by atoms with Crippen molar-refractivity contribution in [2.75, 3.05) is 32.0 Å². The van der Waals surface area contributed by atoms with Crippen molar-refractivity contribution in [3.63, 3.8) is 0 Å². The number of aryl methyl sites for hydroxylation is 1. The lowest BCUT2D eigenvalue weighted by molar-refractivity contribution is 0.0690. The summed E-state index contributed by atoms with van der Waals surface area (Å²) in [6.07, 6.45) is 2.32. The van der Waals surface area contributed by atoms with Gasteiger partial charge >= 0.3 is 5.97 Å². The molecule has 2 rings (SSSR count). The molecule has 0 aliphatic carbocycles. The molecule has 1 fully saturated rings. The number of nitrogens with one attached hydrogen (secondary N) is 1. The highest BCUT2D eigenvalue weighted by molar-refractivity contribution is 7.15. The molecule has 106 valence electrons. The van der Waals surface area contributed by atoms with E-state index >= 15 is 0 Å². The molecule has 1 aliphatic rings. The molecule has 19 heavy (non-hydrogen) atoms. The van der Waals surface area contributed by atoms with Gasteiger partial charge in [-0.2, -0.15) is 0 Å². The first kappa shape index (κ1) is 14.3. The van der Waals surface area contributed by atoms with Gasteiger partial charge in [-0.15, -0.1) is 11.3 Å². The quantitative estimate of drug-likeness (QED) is 0.887.